The first-order chi connectivity index (χ1) is 14.7. The highest BCUT2D eigenvalue weighted by molar-refractivity contribution is 6.06. The van der Waals surface area contributed by atoms with E-state index in [0.29, 0.717) is 23.4 Å². The van der Waals surface area contributed by atoms with Crippen molar-refractivity contribution in [3.05, 3.63) is 29.7 Å². The lowest BCUT2D eigenvalue weighted by molar-refractivity contribution is -0.125. The van der Waals surface area contributed by atoms with Gasteiger partial charge in [-0.05, 0) is 42.4 Å². The van der Waals surface area contributed by atoms with Gasteiger partial charge in [-0.2, -0.15) is 5.10 Å². The number of carbonyl (C=O) groups is 2. The van der Waals surface area contributed by atoms with E-state index in [-0.39, 0.29) is 30.6 Å². The van der Waals surface area contributed by atoms with E-state index in [0.717, 1.165) is 12.8 Å². The third-order valence-corrected chi connectivity index (χ3v) is 5.90. The minimum Gasteiger partial charge on any atom is -0.395 e. The SMILES string of the molecule is CC(C)(C)[C@H](NC(=O)c1nn(CC2CCCCC2)c2cc(F)ccc12)C(=O)NCCO. The van der Waals surface area contributed by atoms with Crippen LogP contribution in [0.4, 0.5) is 4.39 Å². The molecule has 8 heteroatoms. The maximum Gasteiger partial charge on any atom is 0.273 e. The number of nitrogens with one attached hydrogen (secondary N) is 2. The number of amides is 2. The lowest BCUT2D eigenvalue weighted by atomic mass is 9.86. The molecule has 3 rings (SSSR count). The molecule has 0 spiro atoms. The van der Waals surface area contributed by atoms with E-state index in [9.17, 15) is 14.0 Å². The first kappa shape index (κ1) is 23.2. The number of benzene rings is 1. The molecule has 3 N–H and O–H groups in total. The third kappa shape index (κ3) is 5.61. The molecule has 1 aromatic carbocycles. The van der Waals surface area contributed by atoms with Crippen molar-refractivity contribution in [2.45, 2.75) is 65.5 Å². The Morgan fingerprint density at radius 3 is 2.61 bits per heavy atom. The molecule has 0 unspecified atom stereocenters. The number of hydrogen-bond donors (Lipinski definition) is 3. The van der Waals surface area contributed by atoms with E-state index >= 15 is 0 Å². The Morgan fingerprint density at radius 1 is 1.26 bits per heavy atom. The summed E-state index contributed by atoms with van der Waals surface area (Å²) in [4.78, 5) is 25.8. The van der Waals surface area contributed by atoms with Crippen molar-refractivity contribution in [3.63, 3.8) is 0 Å². The van der Waals surface area contributed by atoms with Crippen LogP contribution in [0, 0.1) is 17.2 Å². The summed E-state index contributed by atoms with van der Waals surface area (Å²) in [6.45, 7) is 6.13. The van der Waals surface area contributed by atoms with Crippen LogP contribution in [0.2, 0.25) is 0 Å². The fourth-order valence-corrected chi connectivity index (χ4v) is 4.22. The minimum absolute atomic E-state index is 0.111. The van der Waals surface area contributed by atoms with Crippen LogP contribution in [-0.4, -0.2) is 45.9 Å². The van der Waals surface area contributed by atoms with Crippen molar-refractivity contribution in [1.29, 1.82) is 0 Å². The average Bonchev–Trinajstić information content (AvgIpc) is 3.07. The van der Waals surface area contributed by atoms with Gasteiger partial charge in [-0.1, -0.05) is 40.0 Å². The van der Waals surface area contributed by atoms with E-state index in [2.05, 4.69) is 15.7 Å². The van der Waals surface area contributed by atoms with Crippen LogP contribution in [0.15, 0.2) is 18.2 Å². The predicted octanol–water partition coefficient (Wildman–Crippen LogP) is 3.01. The first-order valence-electron chi connectivity index (χ1n) is 11.1. The molecule has 1 aliphatic carbocycles. The van der Waals surface area contributed by atoms with Crippen LogP contribution in [-0.2, 0) is 11.3 Å². The monoisotopic (exact) mass is 432 g/mol. The Balaban J connectivity index is 1.89. The van der Waals surface area contributed by atoms with Crippen LogP contribution in [0.25, 0.3) is 10.9 Å². The Kier molecular flexibility index (Phi) is 7.30. The largest absolute Gasteiger partial charge is 0.395 e. The van der Waals surface area contributed by atoms with Crippen molar-refractivity contribution in [1.82, 2.24) is 20.4 Å². The number of halogens is 1. The van der Waals surface area contributed by atoms with Crippen LogP contribution >= 0.6 is 0 Å². The summed E-state index contributed by atoms with van der Waals surface area (Å²) < 4.78 is 15.7. The first-order valence-corrected chi connectivity index (χ1v) is 11.1. The molecule has 170 valence electrons. The third-order valence-electron chi connectivity index (χ3n) is 5.90. The summed E-state index contributed by atoms with van der Waals surface area (Å²) in [7, 11) is 0. The predicted molar refractivity (Wildman–Crippen MR) is 117 cm³/mol. The Morgan fingerprint density at radius 2 is 1.97 bits per heavy atom. The maximum atomic E-state index is 14.0. The molecule has 1 saturated carbocycles. The molecule has 1 atom stereocenters. The number of carbonyl (C=O) groups excluding carboxylic acids is 2. The number of rotatable bonds is 7. The summed E-state index contributed by atoms with van der Waals surface area (Å²) in [6, 6.07) is 3.49. The second-order valence-electron chi connectivity index (χ2n) is 9.48. The highest BCUT2D eigenvalue weighted by Gasteiger charge is 2.34. The number of aliphatic hydroxyl groups excluding tert-OH is 1. The molecule has 0 aliphatic heterocycles. The van der Waals surface area contributed by atoms with Crippen molar-refractivity contribution in [2.75, 3.05) is 13.2 Å². The second kappa shape index (κ2) is 9.77. The Hall–Kier alpha value is -2.48. The summed E-state index contributed by atoms with van der Waals surface area (Å²) >= 11 is 0. The molecule has 2 aromatic rings. The van der Waals surface area contributed by atoms with Gasteiger partial charge >= 0.3 is 0 Å². The van der Waals surface area contributed by atoms with E-state index in [4.69, 9.17) is 5.11 Å². The van der Waals surface area contributed by atoms with Crippen LogP contribution in [0.1, 0.15) is 63.4 Å². The Bertz CT molecular complexity index is 929. The fraction of sp³-hybridized carbons (Fsp3) is 0.609. The van der Waals surface area contributed by atoms with E-state index in [1.165, 1.54) is 31.4 Å². The number of aromatic nitrogens is 2. The van der Waals surface area contributed by atoms with Gasteiger partial charge in [-0.25, -0.2) is 4.39 Å². The fourth-order valence-electron chi connectivity index (χ4n) is 4.22. The van der Waals surface area contributed by atoms with Gasteiger partial charge in [-0.15, -0.1) is 0 Å². The molecule has 1 heterocycles. The normalized spacial score (nSPS) is 16.3. The van der Waals surface area contributed by atoms with Gasteiger partial charge in [0.25, 0.3) is 5.91 Å². The summed E-state index contributed by atoms with van der Waals surface area (Å²) in [5, 5.41) is 19.5. The van der Waals surface area contributed by atoms with Gasteiger partial charge in [0.15, 0.2) is 5.69 Å². The smallest absolute Gasteiger partial charge is 0.273 e. The molecular formula is C23H33FN4O3. The number of hydrogen-bond acceptors (Lipinski definition) is 4. The molecule has 1 aromatic heterocycles. The van der Waals surface area contributed by atoms with Crippen molar-refractivity contribution < 1.29 is 19.1 Å². The van der Waals surface area contributed by atoms with Gasteiger partial charge in [0, 0.05) is 18.5 Å². The van der Waals surface area contributed by atoms with Crippen LogP contribution in [0.5, 0.6) is 0 Å². The zero-order chi connectivity index (χ0) is 22.6. The van der Waals surface area contributed by atoms with Crippen LogP contribution in [0.3, 0.4) is 0 Å². The van der Waals surface area contributed by atoms with Gasteiger partial charge < -0.3 is 15.7 Å². The van der Waals surface area contributed by atoms with Gasteiger partial charge in [0.2, 0.25) is 5.91 Å². The summed E-state index contributed by atoms with van der Waals surface area (Å²) in [5.41, 5.74) is 0.227. The van der Waals surface area contributed by atoms with Gasteiger partial charge in [-0.3, -0.25) is 14.3 Å². The molecule has 0 saturated heterocycles. The molecule has 7 nitrogen and oxygen atoms in total. The number of nitrogens with zero attached hydrogens (tertiary/aromatic N) is 2. The Labute approximate surface area is 182 Å². The number of aliphatic hydroxyl groups is 1. The van der Waals surface area contributed by atoms with Gasteiger partial charge in [0.05, 0.1) is 12.1 Å². The minimum atomic E-state index is -0.814. The van der Waals surface area contributed by atoms with E-state index < -0.39 is 17.4 Å². The lowest BCUT2D eigenvalue weighted by Crippen LogP contribution is -2.54. The molecular weight excluding hydrogens is 399 g/mol. The molecule has 0 radical (unpaired) electrons. The van der Waals surface area contributed by atoms with Crippen LogP contribution < -0.4 is 10.6 Å². The highest BCUT2D eigenvalue weighted by atomic mass is 19.1. The molecule has 0 bridgehead atoms. The average molecular weight is 433 g/mol. The zero-order valence-corrected chi connectivity index (χ0v) is 18.6. The molecule has 1 fully saturated rings. The van der Waals surface area contributed by atoms with Crippen molar-refractivity contribution >= 4 is 22.7 Å². The number of fused-ring (bicyclic) bond motifs is 1. The maximum absolute atomic E-state index is 14.0. The van der Waals surface area contributed by atoms with Crippen molar-refractivity contribution in [2.24, 2.45) is 11.3 Å². The molecule has 2 amide bonds. The topological polar surface area (TPSA) is 96.2 Å². The quantitative estimate of drug-likeness (QED) is 0.627. The zero-order valence-electron chi connectivity index (χ0n) is 18.6. The van der Waals surface area contributed by atoms with Crippen molar-refractivity contribution in [3.8, 4) is 0 Å². The molecule has 31 heavy (non-hydrogen) atoms. The van der Waals surface area contributed by atoms with E-state index in [1.807, 2.05) is 20.8 Å². The standard InChI is InChI=1S/C23H33FN4O3/c1-23(2,3)20(22(31)25-11-12-29)26-21(30)19-17-10-9-16(24)13-18(17)28(27-19)14-15-7-5-4-6-8-15/h9-10,13,15,20,29H,4-8,11-12,14H2,1-3H3,(H,25,31)(H,26,30)/t20-/m1/s1. The second-order valence-corrected chi connectivity index (χ2v) is 9.48. The van der Waals surface area contributed by atoms with Gasteiger partial charge in [0.1, 0.15) is 11.9 Å². The van der Waals surface area contributed by atoms with E-state index in [1.54, 1.807) is 10.7 Å². The lowest BCUT2D eigenvalue weighted by Gasteiger charge is -2.30. The summed E-state index contributed by atoms with van der Waals surface area (Å²) in [6.07, 6.45) is 5.82. The summed E-state index contributed by atoms with van der Waals surface area (Å²) in [5.74, 6) is -0.757. The highest BCUT2D eigenvalue weighted by Crippen LogP contribution is 2.28. The molecule has 1 aliphatic rings.